The molecule has 0 aromatic heterocycles. The van der Waals surface area contributed by atoms with E-state index < -0.39 is 0 Å². The summed E-state index contributed by atoms with van der Waals surface area (Å²) in [6.45, 7) is 26.3. The van der Waals surface area contributed by atoms with Gasteiger partial charge in [-0.2, -0.15) is 0 Å². The lowest BCUT2D eigenvalue weighted by Gasteiger charge is -2.47. The first kappa shape index (κ1) is 47.2. The van der Waals surface area contributed by atoms with E-state index in [0.717, 1.165) is 19.3 Å². The molecule has 0 N–H and O–H groups in total. The molecule has 12 rings (SSSR count). The molecule has 7 aromatic carbocycles. The van der Waals surface area contributed by atoms with Crippen LogP contribution in [0, 0.1) is 6.92 Å². The van der Waals surface area contributed by atoms with Crippen molar-refractivity contribution in [2.75, 3.05) is 9.80 Å². The van der Waals surface area contributed by atoms with Crippen molar-refractivity contribution < 1.29 is 0 Å². The fourth-order valence-corrected chi connectivity index (χ4v) is 13.6. The molecular weight excluding hydrogens is 868 g/mol. The molecule has 0 fully saturated rings. The molecule has 2 heterocycles. The van der Waals surface area contributed by atoms with Gasteiger partial charge in [0.05, 0.1) is 0 Å². The lowest BCUT2D eigenvalue weighted by molar-refractivity contribution is 0.332. The Labute approximate surface area is 433 Å². The lowest BCUT2D eigenvalue weighted by Crippen LogP contribution is -2.62. The first-order valence-electron chi connectivity index (χ1n) is 27.9. The Morgan fingerprint density at radius 2 is 0.861 bits per heavy atom. The highest BCUT2D eigenvalue weighted by molar-refractivity contribution is 7.00. The molecule has 366 valence electrons. The maximum absolute atomic E-state index is 2.73. The molecule has 0 atom stereocenters. The third kappa shape index (κ3) is 8.08. The Kier molecular flexibility index (Phi) is 11.2. The number of anilines is 6. The van der Waals surface area contributed by atoms with Gasteiger partial charge < -0.3 is 9.80 Å². The molecule has 7 aromatic rings. The van der Waals surface area contributed by atoms with Gasteiger partial charge in [-0.05, 0) is 236 Å². The van der Waals surface area contributed by atoms with E-state index >= 15 is 0 Å². The first-order valence-corrected chi connectivity index (χ1v) is 27.9. The van der Waals surface area contributed by atoms with Gasteiger partial charge in [-0.25, -0.2) is 0 Å². The van der Waals surface area contributed by atoms with Crippen LogP contribution in [0.2, 0.25) is 0 Å². The van der Waals surface area contributed by atoms with Crippen LogP contribution in [0.15, 0.2) is 121 Å². The minimum atomic E-state index is 0.0458. The van der Waals surface area contributed by atoms with E-state index in [1.54, 1.807) is 22.3 Å². The highest BCUT2D eigenvalue weighted by Crippen LogP contribution is 2.52. The van der Waals surface area contributed by atoms with Crippen molar-refractivity contribution in [3.8, 4) is 22.3 Å². The number of aryl methyl sites for hydroxylation is 5. The Morgan fingerprint density at radius 1 is 0.403 bits per heavy atom. The van der Waals surface area contributed by atoms with Gasteiger partial charge in [-0.1, -0.05) is 149 Å². The van der Waals surface area contributed by atoms with Gasteiger partial charge in [-0.15, -0.1) is 0 Å². The molecule has 0 radical (unpaired) electrons. The highest BCUT2D eigenvalue weighted by Gasteiger charge is 2.47. The van der Waals surface area contributed by atoms with Crippen LogP contribution in [0.1, 0.15) is 171 Å². The fraction of sp³-hybridized carbons (Fsp3) is 0.391. The molecule has 2 aliphatic heterocycles. The molecule has 72 heavy (non-hydrogen) atoms. The largest absolute Gasteiger partial charge is 0.311 e. The number of fused-ring (bicyclic) bond motifs is 7. The Bertz CT molecular complexity index is 3200. The van der Waals surface area contributed by atoms with Gasteiger partial charge >= 0.3 is 0 Å². The molecule has 3 heteroatoms. The van der Waals surface area contributed by atoms with Gasteiger partial charge in [0.25, 0.3) is 6.71 Å². The van der Waals surface area contributed by atoms with Crippen molar-refractivity contribution in [3.63, 3.8) is 0 Å². The molecule has 0 bridgehead atoms. The number of hydrogen-bond donors (Lipinski definition) is 0. The zero-order chi connectivity index (χ0) is 50.1. The van der Waals surface area contributed by atoms with Gasteiger partial charge in [-0.3, -0.25) is 0 Å². The first-order chi connectivity index (χ1) is 34.3. The lowest BCUT2D eigenvalue weighted by atomic mass is 9.33. The molecule has 2 nitrogen and oxygen atoms in total. The minimum absolute atomic E-state index is 0.0458. The average molecular weight is 945 g/mol. The zero-order valence-corrected chi connectivity index (χ0v) is 45.5. The third-order valence-corrected chi connectivity index (χ3v) is 18.1. The molecule has 0 amide bonds. The topological polar surface area (TPSA) is 6.48 Å². The Balaban J connectivity index is 1.16. The molecule has 0 spiro atoms. The minimum Gasteiger partial charge on any atom is -0.311 e. The van der Waals surface area contributed by atoms with E-state index in [2.05, 4.69) is 207 Å². The highest BCUT2D eigenvalue weighted by atomic mass is 15.2. The Hall–Kier alpha value is -5.80. The number of benzene rings is 7. The SMILES string of the molecule is Cc1cc2c3c(c1)N(c1cc(-c4ccc(C(C)(C)C)cc4)cc(-c4ccc(C(C)(C)C)cc4)c1)c1cc4c(cc1B3c1cc3c(cc1N2c1ccc2c(c1)CCCCC2)CCCCC3)C(C)(C)CCC4(C)C. The van der Waals surface area contributed by atoms with Crippen molar-refractivity contribution in [3.05, 3.63) is 171 Å². The van der Waals surface area contributed by atoms with Crippen LogP contribution in [-0.4, -0.2) is 6.71 Å². The van der Waals surface area contributed by atoms with Gasteiger partial charge in [0.2, 0.25) is 0 Å². The predicted octanol–water partition coefficient (Wildman–Crippen LogP) is 16.9. The van der Waals surface area contributed by atoms with E-state index in [1.165, 1.54) is 158 Å². The van der Waals surface area contributed by atoms with Gasteiger partial charge in [0.15, 0.2) is 0 Å². The summed E-state index contributed by atoms with van der Waals surface area (Å²) < 4.78 is 0. The van der Waals surface area contributed by atoms with Crippen molar-refractivity contribution >= 4 is 57.2 Å². The summed E-state index contributed by atoms with van der Waals surface area (Å²) in [6, 6.07) is 49.7. The number of hydrogen-bond acceptors (Lipinski definition) is 2. The molecule has 3 aliphatic carbocycles. The van der Waals surface area contributed by atoms with Crippen molar-refractivity contribution in [1.82, 2.24) is 0 Å². The van der Waals surface area contributed by atoms with Crippen LogP contribution < -0.4 is 26.2 Å². The average Bonchev–Trinajstić information content (AvgIpc) is 3.74. The summed E-state index contributed by atoms with van der Waals surface area (Å²) in [5, 5.41) is 0. The summed E-state index contributed by atoms with van der Waals surface area (Å²) in [5.74, 6) is 0. The van der Waals surface area contributed by atoms with E-state index in [0.29, 0.717) is 0 Å². The van der Waals surface area contributed by atoms with Crippen LogP contribution in [0.5, 0.6) is 0 Å². The maximum Gasteiger partial charge on any atom is 0.252 e. The van der Waals surface area contributed by atoms with Crippen LogP contribution in [0.25, 0.3) is 22.3 Å². The van der Waals surface area contributed by atoms with Gasteiger partial charge in [0, 0.05) is 34.1 Å². The standard InChI is InChI=1S/C69H77BN2/c1-44-34-63-65-64(35-44)72(56-38-51(46-22-27-53(28-23-46)66(2,3)4)36-52(39-56)47-24-29-54(30-25-47)67(5,6)7)62-43-58-57(68(8,9)32-33-69(58,10)11)42-60(62)70(65)59-40-49-20-16-13-17-21-50(49)41-61(59)71(63)55-31-26-45-18-14-12-15-19-48(45)37-55/h22-31,34-43H,12-21,32-33H2,1-11H3. The second-order valence-electron chi connectivity index (χ2n) is 26.2. The van der Waals surface area contributed by atoms with E-state index in [9.17, 15) is 0 Å². The van der Waals surface area contributed by atoms with Crippen LogP contribution >= 0.6 is 0 Å². The van der Waals surface area contributed by atoms with E-state index in [4.69, 9.17) is 0 Å². The predicted molar refractivity (Wildman–Crippen MR) is 311 cm³/mol. The number of nitrogens with zero attached hydrogens (tertiary/aromatic N) is 2. The molecule has 0 unspecified atom stereocenters. The number of rotatable bonds is 4. The fourth-order valence-electron chi connectivity index (χ4n) is 13.6. The molecule has 5 aliphatic rings. The summed E-state index contributed by atoms with van der Waals surface area (Å²) in [6.07, 6.45) is 14.8. The van der Waals surface area contributed by atoms with E-state index in [-0.39, 0.29) is 28.4 Å². The second-order valence-corrected chi connectivity index (χ2v) is 26.2. The molecule has 0 saturated heterocycles. The third-order valence-electron chi connectivity index (χ3n) is 18.1. The quantitative estimate of drug-likeness (QED) is 0.128. The van der Waals surface area contributed by atoms with Crippen molar-refractivity contribution in [2.45, 2.75) is 175 Å². The van der Waals surface area contributed by atoms with Crippen molar-refractivity contribution in [2.24, 2.45) is 0 Å². The van der Waals surface area contributed by atoms with Gasteiger partial charge in [0.1, 0.15) is 0 Å². The molecule has 0 saturated carbocycles. The maximum atomic E-state index is 2.73. The smallest absolute Gasteiger partial charge is 0.252 e. The Morgan fingerprint density at radius 3 is 1.40 bits per heavy atom. The summed E-state index contributed by atoms with van der Waals surface area (Å²) >= 11 is 0. The zero-order valence-electron chi connectivity index (χ0n) is 45.5. The normalized spacial score (nSPS) is 17.7. The molecular formula is C69H77BN2. The van der Waals surface area contributed by atoms with Crippen LogP contribution in [-0.2, 0) is 47.3 Å². The van der Waals surface area contributed by atoms with E-state index in [1.807, 2.05) is 0 Å². The summed E-state index contributed by atoms with van der Waals surface area (Å²) in [7, 11) is 0. The summed E-state index contributed by atoms with van der Waals surface area (Å²) in [4.78, 5) is 5.44. The second kappa shape index (κ2) is 17.1. The monoisotopic (exact) mass is 945 g/mol. The van der Waals surface area contributed by atoms with Crippen LogP contribution in [0.3, 0.4) is 0 Å². The summed E-state index contributed by atoms with van der Waals surface area (Å²) in [5.41, 5.74) is 30.8. The van der Waals surface area contributed by atoms with Crippen molar-refractivity contribution in [1.29, 1.82) is 0 Å². The van der Waals surface area contributed by atoms with Crippen LogP contribution in [0.4, 0.5) is 34.1 Å².